The molecule has 0 saturated carbocycles. The molecular formula is C51H34N2O. The van der Waals surface area contributed by atoms with E-state index in [4.69, 9.17) is 4.42 Å². The topological polar surface area (TPSA) is 23.0 Å². The molecule has 54 heavy (non-hydrogen) atoms. The Morgan fingerprint density at radius 3 is 1.65 bits per heavy atom. The van der Waals surface area contributed by atoms with Gasteiger partial charge in [-0.05, 0) is 101 Å². The standard InChI is InChI=1S/C51H34N2O/c1-51(2)43-30-34(22-23-35(43)39-24-25-40-38-16-8-11-19-48(38)54-50(40)49(39)51)53-45-18-10-7-15-37(45)42-29-32(21-27-47(42)53)31-20-26-46-41(28-31)36-14-6-9-17-44(36)52(46)33-12-4-3-5-13-33/h3-30H,1-2H3. The lowest BCUT2D eigenvalue weighted by molar-refractivity contribution is 0.619. The van der Waals surface area contributed by atoms with Crippen LogP contribution in [0.25, 0.3) is 99.2 Å². The van der Waals surface area contributed by atoms with Gasteiger partial charge in [-0.2, -0.15) is 0 Å². The van der Waals surface area contributed by atoms with Crippen molar-refractivity contribution in [3.63, 3.8) is 0 Å². The van der Waals surface area contributed by atoms with Crippen molar-refractivity contribution in [3.8, 4) is 33.6 Å². The van der Waals surface area contributed by atoms with Crippen LogP contribution in [0, 0.1) is 0 Å². The third-order valence-corrected chi connectivity index (χ3v) is 12.1. The second kappa shape index (κ2) is 10.6. The van der Waals surface area contributed by atoms with Crippen molar-refractivity contribution in [1.82, 2.24) is 9.13 Å². The zero-order chi connectivity index (χ0) is 35.7. The number of hydrogen-bond donors (Lipinski definition) is 0. The molecule has 0 spiro atoms. The van der Waals surface area contributed by atoms with Gasteiger partial charge in [0, 0.05) is 54.7 Å². The van der Waals surface area contributed by atoms with Crippen LogP contribution in [-0.2, 0) is 5.41 Å². The van der Waals surface area contributed by atoms with Crippen LogP contribution in [-0.4, -0.2) is 9.13 Å². The summed E-state index contributed by atoms with van der Waals surface area (Å²) in [5, 5.41) is 7.39. The lowest BCUT2D eigenvalue weighted by Crippen LogP contribution is -2.15. The van der Waals surface area contributed by atoms with E-state index in [2.05, 4.69) is 193 Å². The van der Waals surface area contributed by atoms with Gasteiger partial charge in [0.2, 0.25) is 0 Å². The van der Waals surface area contributed by atoms with Crippen LogP contribution in [0.1, 0.15) is 25.0 Å². The predicted octanol–water partition coefficient (Wildman–Crippen LogP) is 13.8. The first kappa shape index (κ1) is 29.7. The summed E-state index contributed by atoms with van der Waals surface area (Å²) < 4.78 is 11.4. The molecule has 3 heteroatoms. The predicted molar refractivity (Wildman–Crippen MR) is 225 cm³/mol. The monoisotopic (exact) mass is 690 g/mol. The van der Waals surface area contributed by atoms with Crippen molar-refractivity contribution in [1.29, 1.82) is 0 Å². The van der Waals surface area contributed by atoms with Gasteiger partial charge < -0.3 is 13.6 Å². The number of nitrogens with zero attached hydrogens (tertiary/aromatic N) is 2. The molecule has 0 saturated heterocycles. The van der Waals surface area contributed by atoms with Crippen LogP contribution < -0.4 is 0 Å². The second-order valence-corrected chi connectivity index (χ2v) is 15.3. The van der Waals surface area contributed by atoms with Crippen LogP contribution >= 0.6 is 0 Å². The maximum Gasteiger partial charge on any atom is 0.140 e. The first-order valence-corrected chi connectivity index (χ1v) is 18.8. The van der Waals surface area contributed by atoms with Gasteiger partial charge in [0.15, 0.2) is 0 Å². The summed E-state index contributed by atoms with van der Waals surface area (Å²) in [6.45, 7) is 4.70. The maximum absolute atomic E-state index is 6.59. The van der Waals surface area contributed by atoms with Gasteiger partial charge in [0.1, 0.15) is 11.2 Å². The highest BCUT2D eigenvalue weighted by Crippen LogP contribution is 2.53. The van der Waals surface area contributed by atoms with E-state index in [1.54, 1.807) is 0 Å². The average Bonchev–Trinajstić information content (AvgIpc) is 3.93. The Morgan fingerprint density at radius 2 is 0.963 bits per heavy atom. The highest BCUT2D eigenvalue weighted by atomic mass is 16.3. The number of furan rings is 1. The Hall–Kier alpha value is -6.84. The fourth-order valence-electron chi connectivity index (χ4n) is 9.63. The van der Waals surface area contributed by atoms with Crippen LogP contribution in [0.2, 0.25) is 0 Å². The Balaban J connectivity index is 1.02. The van der Waals surface area contributed by atoms with Crippen LogP contribution in [0.15, 0.2) is 174 Å². The molecule has 0 atom stereocenters. The summed E-state index contributed by atoms with van der Waals surface area (Å²) in [4.78, 5) is 0. The van der Waals surface area contributed by atoms with E-state index in [0.29, 0.717) is 0 Å². The second-order valence-electron chi connectivity index (χ2n) is 15.3. The fraction of sp³-hybridized carbons (Fsp3) is 0.0588. The molecule has 11 aromatic rings. The summed E-state index contributed by atoms with van der Waals surface area (Å²) in [6.07, 6.45) is 0. The molecule has 0 radical (unpaired) electrons. The molecular weight excluding hydrogens is 657 g/mol. The molecule has 0 N–H and O–H groups in total. The largest absolute Gasteiger partial charge is 0.456 e. The van der Waals surface area contributed by atoms with E-state index in [-0.39, 0.29) is 5.41 Å². The molecule has 3 heterocycles. The van der Waals surface area contributed by atoms with Crippen molar-refractivity contribution in [2.45, 2.75) is 19.3 Å². The van der Waals surface area contributed by atoms with Crippen LogP contribution in [0.4, 0.5) is 0 Å². The number of rotatable bonds is 3. The number of hydrogen-bond acceptors (Lipinski definition) is 1. The van der Waals surface area contributed by atoms with Gasteiger partial charge >= 0.3 is 0 Å². The van der Waals surface area contributed by atoms with E-state index >= 15 is 0 Å². The van der Waals surface area contributed by atoms with Crippen molar-refractivity contribution in [3.05, 3.63) is 181 Å². The Labute approximate surface area is 311 Å². The Morgan fingerprint density at radius 1 is 0.407 bits per heavy atom. The van der Waals surface area contributed by atoms with Crippen LogP contribution in [0.3, 0.4) is 0 Å². The summed E-state index contributed by atoms with van der Waals surface area (Å²) in [5.41, 5.74) is 16.5. The number of para-hydroxylation sites is 4. The first-order valence-electron chi connectivity index (χ1n) is 18.8. The minimum absolute atomic E-state index is 0.234. The van der Waals surface area contributed by atoms with Crippen molar-refractivity contribution in [2.24, 2.45) is 0 Å². The fourth-order valence-corrected chi connectivity index (χ4v) is 9.63. The molecule has 1 aliphatic rings. The highest BCUT2D eigenvalue weighted by molar-refractivity contribution is 6.13. The average molecular weight is 691 g/mol. The van der Waals surface area contributed by atoms with E-state index in [0.717, 1.165) is 11.2 Å². The quantitative estimate of drug-likeness (QED) is 0.181. The normalized spacial score (nSPS) is 13.5. The Bertz CT molecular complexity index is 3350. The van der Waals surface area contributed by atoms with Gasteiger partial charge in [0.25, 0.3) is 0 Å². The number of fused-ring (bicyclic) bond motifs is 13. The molecule has 254 valence electrons. The summed E-state index contributed by atoms with van der Waals surface area (Å²) >= 11 is 0. The van der Waals surface area contributed by atoms with Crippen molar-refractivity contribution < 1.29 is 4.42 Å². The number of aromatic nitrogens is 2. The molecule has 0 bridgehead atoms. The van der Waals surface area contributed by atoms with Crippen molar-refractivity contribution >= 4 is 65.6 Å². The van der Waals surface area contributed by atoms with E-state index < -0.39 is 0 Å². The van der Waals surface area contributed by atoms with E-state index in [1.165, 1.54) is 99.1 Å². The van der Waals surface area contributed by atoms with E-state index in [1.807, 2.05) is 0 Å². The summed E-state index contributed by atoms with van der Waals surface area (Å²) in [5.74, 6) is 0. The Kier molecular flexibility index (Phi) is 5.84. The van der Waals surface area contributed by atoms with Gasteiger partial charge in [0.05, 0.1) is 22.1 Å². The third kappa shape index (κ3) is 3.91. The first-order chi connectivity index (χ1) is 26.5. The van der Waals surface area contributed by atoms with Gasteiger partial charge in [-0.15, -0.1) is 0 Å². The minimum Gasteiger partial charge on any atom is -0.456 e. The van der Waals surface area contributed by atoms with Crippen molar-refractivity contribution in [2.75, 3.05) is 0 Å². The molecule has 8 aromatic carbocycles. The third-order valence-electron chi connectivity index (χ3n) is 12.1. The molecule has 1 aliphatic carbocycles. The molecule has 3 aromatic heterocycles. The molecule has 3 nitrogen and oxygen atoms in total. The SMILES string of the molecule is CC1(C)c2cc(-n3c4ccccc4c4cc(-c5ccc6c(c5)c5ccccc5n6-c5ccccc5)ccc43)ccc2-c2ccc3c(oc4ccccc43)c21. The number of benzene rings is 8. The van der Waals surface area contributed by atoms with Gasteiger partial charge in [-0.25, -0.2) is 0 Å². The summed E-state index contributed by atoms with van der Waals surface area (Å²) in [7, 11) is 0. The molecule has 0 aliphatic heterocycles. The molecule has 0 fully saturated rings. The molecule has 0 unspecified atom stereocenters. The lowest BCUT2D eigenvalue weighted by atomic mass is 9.81. The minimum atomic E-state index is -0.234. The lowest BCUT2D eigenvalue weighted by Gasteiger charge is -2.22. The highest BCUT2D eigenvalue weighted by Gasteiger charge is 2.39. The zero-order valence-corrected chi connectivity index (χ0v) is 30.0. The van der Waals surface area contributed by atoms with Gasteiger partial charge in [-0.1, -0.05) is 111 Å². The van der Waals surface area contributed by atoms with E-state index in [9.17, 15) is 0 Å². The zero-order valence-electron chi connectivity index (χ0n) is 30.0. The molecule has 0 amide bonds. The smallest absolute Gasteiger partial charge is 0.140 e. The molecule has 12 rings (SSSR count). The van der Waals surface area contributed by atoms with Crippen LogP contribution in [0.5, 0.6) is 0 Å². The maximum atomic E-state index is 6.59. The van der Waals surface area contributed by atoms with Gasteiger partial charge in [-0.3, -0.25) is 0 Å². The summed E-state index contributed by atoms with van der Waals surface area (Å²) in [6, 6.07) is 62.1.